The maximum Gasteiger partial charge on any atom is 0.340 e. The third-order valence-electron chi connectivity index (χ3n) is 3.04. The number of esters is 1. The van der Waals surface area contributed by atoms with Crippen molar-refractivity contribution in [1.82, 2.24) is 0 Å². The molecule has 0 radical (unpaired) electrons. The third-order valence-corrected chi connectivity index (χ3v) is 3.04. The van der Waals surface area contributed by atoms with Crippen LogP contribution < -0.4 is 0 Å². The topological polar surface area (TPSA) is 35.5 Å². The zero-order valence-corrected chi connectivity index (χ0v) is 11.4. The van der Waals surface area contributed by atoms with Gasteiger partial charge < -0.3 is 9.47 Å². The van der Waals surface area contributed by atoms with Gasteiger partial charge in [0.15, 0.2) is 11.5 Å². The molecule has 0 saturated carbocycles. The van der Waals surface area contributed by atoms with E-state index in [0.717, 1.165) is 11.1 Å². The second-order valence-corrected chi connectivity index (χ2v) is 4.62. The van der Waals surface area contributed by atoms with Crippen LogP contribution in [-0.4, -0.2) is 5.97 Å². The molecule has 2 aromatic carbocycles. The summed E-state index contributed by atoms with van der Waals surface area (Å²) in [4.78, 5) is 11.4. The van der Waals surface area contributed by atoms with Crippen LogP contribution in [0, 0.1) is 0 Å². The molecule has 3 heteroatoms. The summed E-state index contributed by atoms with van der Waals surface area (Å²) in [5.41, 5.74) is 1.99. The van der Waals surface area contributed by atoms with Gasteiger partial charge in [-0.15, -0.1) is 0 Å². The van der Waals surface area contributed by atoms with Crippen molar-refractivity contribution in [1.29, 1.82) is 0 Å². The van der Waals surface area contributed by atoms with Crippen LogP contribution in [0.3, 0.4) is 0 Å². The van der Waals surface area contributed by atoms with Gasteiger partial charge >= 0.3 is 5.97 Å². The van der Waals surface area contributed by atoms with Crippen molar-refractivity contribution in [2.24, 2.45) is 0 Å². The molecular formula is C18H14O3. The molecule has 1 heterocycles. The molecule has 2 aromatic rings. The van der Waals surface area contributed by atoms with Gasteiger partial charge in [-0.25, -0.2) is 4.79 Å². The molecule has 3 rings (SSSR count). The largest absolute Gasteiger partial charge is 0.485 e. The number of carbonyl (C=O) groups is 1. The van der Waals surface area contributed by atoms with Crippen molar-refractivity contribution in [3.8, 4) is 0 Å². The lowest BCUT2D eigenvalue weighted by Crippen LogP contribution is -1.95. The van der Waals surface area contributed by atoms with E-state index in [1.807, 2.05) is 60.7 Å². The monoisotopic (exact) mass is 278 g/mol. The Balaban J connectivity index is 1.75. The van der Waals surface area contributed by atoms with E-state index in [0.29, 0.717) is 18.1 Å². The predicted octanol–water partition coefficient (Wildman–Crippen LogP) is 3.69. The lowest BCUT2D eigenvalue weighted by molar-refractivity contribution is -0.132. The first kappa shape index (κ1) is 13.2. The van der Waals surface area contributed by atoms with E-state index >= 15 is 0 Å². The summed E-state index contributed by atoms with van der Waals surface area (Å²) < 4.78 is 10.9. The van der Waals surface area contributed by atoms with Crippen LogP contribution in [0.5, 0.6) is 0 Å². The molecule has 0 amide bonds. The molecule has 0 N–H and O–H groups in total. The van der Waals surface area contributed by atoms with Crippen molar-refractivity contribution in [2.75, 3.05) is 0 Å². The first-order valence-corrected chi connectivity index (χ1v) is 6.68. The van der Waals surface area contributed by atoms with E-state index in [2.05, 4.69) is 0 Å². The summed E-state index contributed by atoms with van der Waals surface area (Å²) in [6.07, 6.45) is 3.17. The summed E-state index contributed by atoms with van der Waals surface area (Å²) >= 11 is 0. The Labute approximate surface area is 123 Å². The number of benzene rings is 2. The molecule has 0 aromatic heterocycles. The van der Waals surface area contributed by atoms with E-state index in [1.165, 1.54) is 6.08 Å². The van der Waals surface area contributed by atoms with Crippen LogP contribution in [0.25, 0.3) is 6.08 Å². The maximum atomic E-state index is 11.4. The zero-order chi connectivity index (χ0) is 14.5. The highest BCUT2D eigenvalue weighted by Gasteiger charge is 2.21. The van der Waals surface area contributed by atoms with E-state index < -0.39 is 5.97 Å². The number of ether oxygens (including phenoxy) is 2. The quantitative estimate of drug-likeness (QED) is 0.800. The summed E-state index contributed by atoms with van der Waals surface area (Å²) in [6, 6.07) is 19.5. The second-order valence-electron chi connectivity index (χ2n) is 4.62. The molecule has 104 valence electrons. The number of rotatable bonds is 4. The van der Waals surface area contributed by atoms with Crippen LogP contribution in [0.1, 0.15) is 11.1 Å². The van der Waals surface area contributed by atoms with E-state index in [9.17, 15) is 4.79 Å². The predicted molar refractivity (Wildman–Crippen MR) is 79.8 cm³/mol. The van der Waals surface area contributed by atoms with E-state index in [-0.39, 0.29) is 0 Å². The second kappa shape index (κ2) is 6.09. The zero-order valence-electron chi connectivity index (χ0n) is 11.4. The molecule has 21 heavy (non-hydrogen) atoms. The number of hydrogen-bond acceptors (Lipinski definition) is 3. The van der Waals surface area contributed by atoms with Crippen LogP contribution in [0.15, 0.2) is 78.3 Å². The Morgan fingerprint density at radius 2 is 1.62 bits per heavy atom. The molecule has 0 aliphatic carbocycles. The highest BCUT2D eigenvalue weighted by atomic mass is 16.6. The number of cyclic esters (lactones) is 1. The van der Waals surface area contributed by atoms with Gasteiger partial charge in [-0.1, -0.05) is 60.7 Å². The van der Waals surface area contributed by atoms with Crippen LogP contribution >= 0.6 is 0 Å². The number of hydrogen-bond donors (Lipinski definition) is 0. The fourth-order valence-corrected chi connectivity index (χ4v) is 2.02. The maximum absolute atomic E-state index is 11.4. The Morgan fingerprint density at radius 3 is 2.33 bits per heavy atom. The average Bonchev–Trinajstić information content (AvgIpc) is 2.87. The van der Waals surface area contributed by atoms with Crippen molar-refractivity contribution >= 4 is 12.0 Å². The summed E-state index contributed by atoms with van der Waals surface area (Å²) in [7, 11) is 0. The van der Waals surface area contributed by atoms with Crippen LogP contribution in [0.4, 0.5) is 0 Å². The fraction of sp³-hybridized carbons (Fsp3) is 0.0556. The van der Waals surface area contributed by atoms with Crippen molar-refractivity contribution < 1.29 is 14.3 Å². The Hall–Kier alpha value is -2.81. The normalized spacial score (nSPS) is 15.7. The van der Waals surface area contributed by atoms with Crippen molar-refractivity contribution in [3.63, 3.8) is 0 Å². The SMILES string of the molecule is O=C1C=C(OCc2ccccc2)/C(=C/c2ccccc2)O1. The van der Waals surface area contributed by atoms with Crippen LogP contribution in [0.2, 0.25) is 0 Å². The first-order chi connectivity index (χ1) is 10.3. The Kier molecular flexibility index (Phi) is 3.83. The Bertz CT molecular complexity index is 685. The van der Waals surface area contributed by atoms with Gasteiger partial charge in [0.05, 0.1) is 6.08 Å². The molecule has 1 aliphatic rings. The average molecular weight is 278 g/mol. The minimum absolute atomic E-state index is 0.398. The van der Waals surface area contributed by atoms with Crippen LogP contribution in [-0.2, 0) is 20.9 Å². The minimum atomic E-state index is -0.403. The molecule has 0 spiro atoms. The molecule has 0 saturated heterocycles. The molecule has 0 fully saturated rings. The molecule has 1 aliphatic heterocycles. The third kappa shape index (κ3) is 3.39. The first-order valence-electron chi connectivity index (χ1n) is 6.68. The van der Waals surface area contributed by atoms with Gasteiger partial charge in [-0.3, -0.25) is 0 Å². The van der Waals surface area contributed by atoms with E-state index in [1.54, 1.807) is 6.08 Å². The molecule has 0 bridgehead atoms. The van der Waals surface area contributed by atoms with Gasteiger partial charge in [-0.2, -0.15) is 0 Å². The molecular weight excluding hydrogens is 264 g/mol. The van der Waals surface area contributed by atoms with Crippen molar-refractivity contribution in [2.45, 2.75) is 6.61 Å². The van der Waals surface area contributed by atoms with E-state index in [4.69, 9.17) is 9.47 Å². The minimum Gasteiger partial charge on any atom is -0.485 e. The lowest BCUT2D eigenvalue weighted by atomic mass is 10.2. The molecule has 0 unspecified atom stereocenters. The fourth-order valence-electron chi connectivity index (χ4n) is 2.02. The number of carbonyl (C=O) groups excluding carboxylic acids is 1. The van der Waals surface area contributed by atoms with Crippen molar-refractivity contribution in [3.05, 3.63) is 89.4 Å². The summed E-state index contributed by atoms with van der Waals surface area (Å²) in [6.45, 7) is 0.398. The van der Waals surface area contributed by atoms with Gasteiger partial charge in [0.2, 0.25) is 0 Å². The Morgan fingerprint density at radius 1 is 0.952 bits per heavy atom. The smallest absolute Gasteiger partial charge is 0.340 e. The van der Waals surface area contributed by atoms with Gasteiger partial charge in [0.1, 0.15) is 6.61 Å². The molecule has 3 nitrogen and oxygen atoms in total. The summed E-state index contributed by atoms with van der Waals surface area (Å²) in [5.74, 6) is 0.509. The molecule has 0 atom stereocenters. The lowest BCUT2D eigenvalue weighted by Gasteiger charge is -2.08. The van der Waals surface area contributed by atoms with Gasteiger partial charge in [0, 0.05) is 0 Å². The van der Waals surface area contributed by atoms with Gasteiger partial charge in [-0.05, 0) is 17.2 Å². The standard InChI is InChI=1S/C18H14O3/c19-18-12-16(20-13-15-9-5-2-6-10-15)17(21-18)11-14-7-3-1-4-8-14/h1-12H,13H2/b17-11-. The summed E-state index contributed by atoms with van der Waals surface area (Å²) in [5, 5.41) is 0. The highest BCUT2D eigenvalue weighted by Crippen LogP contribution is 2.24. The van der Waals surface area contributed by atoms with Gasteiger partial charge in [0.25, 0.3) is 0 Å². The highest BCUT2D eigenvalue weighted by molar-refractivity contribution is 5.89.